The molecule has 4 rings (SSSR count). The van der Waals surface area contributed by atoms with Gasteiger partial charge >= 0.3 is 6.18 Å². The van der Waals surface area contributed by atoms with Crippen LogP contribution in [0.25, 0.3) is 0 Å². The lowest BCUT2D eigenvalue weighted by Gasteiger charge is -2.40. The van der Waals surface area contributed by atoms with Crippen LogP contribution in [0.3, 0.4) is 0 Å². The Balaban J connectivity index is 1.39. The van der Waals surface area contributed by atoms with Gasteiger partial charge in [0.05, 0.1) is 17.8 Å². The molecule has 26 heavy (non-hydrogen) atoms. The molecule has 1 aliphatic carbocycles. The number of rotatable bonds is 3. The van der Waals surface area contributed by atoms with Crippen molar-refractivity contribution in [2.24, 2.45) is 5.92 Å². The summed E-state index contributed by atoms with van der Waals surface area (Å²) < 4.78 is 39.3. The van der Waals surface area contributed by atoms with Gasteiger partial charge in [0, 0.05) is 31.3 Å². The third kappa shape index (κ3) is 3.32. The Bertz CT molecular complexity index is 854. The first-order valence-electron chi connectivity index (χ1n) is 8.78. The van der Waals surface area contributed by atoms with Crippen molar-refractivity contribution in [3.8, 4) is 0 Å². The molecule has 1 aliphatic heterocycles. The van der Waals surface area contributed by atoms with Crippen LogP contribution >= 0.6 is 0 Å². The van der Waals surface area contributed by atoms with Crippen molar-refractivity contribution in [2.75, 3.05) is 18.0 Å². The van der Waals surface area contributed by atoms with Crippen molar-refractivity contribution in [1.29, 1.82) is 0 Å². The van der Waals surface area contributed by atoms with Crippen molar-refractivity contribution in [3.05, 3.63) is 51.6 Å². The summed E-state index contributed by atoms with van der Waals surface area (Å²) in [6, 6.07) is 4.14. The number of aryl methyl sites for hydroxylation is 2. The number of fused-ring (bicyclic) bond motifs is 1. The second kappa shape index (κ2) is 6.41. The van der Waals surface area contributed by atoms with Crippen molar-refractivity contribution in [1.82, 2.24) is 14.8 Å². The number of nitrogens with zero attached hydrogens (tertiary/aromatic N) is 4. The number of hydrogen-bond donors (Lipinski definition) is 0. The van der Waals surface area contributed by atoms with Crippen LogP contribution < -0.4 is 10.5 Å². The first kappa shape index (κ1) is 17.1. The van der Waals surface area contributed by atoms with Gasteiger partial charge < -0.3 is 4.90 Å². The Morgan fingerprint density at radius 2 is 1.92 bits per heavy atom. The van der Waals surface area contributed by atoms with Gasteiger partial charge in [0.15, 0.2) is 0 Å². The number of anilines is 1. The topological polar surface area (TPSA) is 51.0 Å². The van der Waals surface area contributed by atoms with Gasteiger partial charge in [0.25, 0.3) is 5.56 Å². The van der Waals surface area contributed by atoms with Crippen LogP contribution in [0.4, 0.5) is 19.0 Å². The minimum atomic E-state index is -4.37. The van der Waals surface area contributed by atoms with E-state index in [0.717, 1.165) is 49.2 Å². The largest absolute Gasteiger partial charge is 0.417 e. The number of hydrogen-bond acceptors (Lipinski definition) is 4. The van der Waals surface area contributed by atoms with E-state index in [1.807, 2.05) is 4.90 Å². The molecule has 0 unspecified atom stereocenters. The Hall–Kier alpha value is -2.38. The summed E-state index contributed by atoms with van der Waals surface area (Å²) in [6.45, 7) is 1.84. The van der Waals surface area contributed by atoms with Crippen LogP contribution in [0.2, 0.25) is 0 Å². The molecule has 3 heterocycles. The summed E-state index contributed by atoms with van der Waals surface area (Å²) in [5.41, 5.74) is 1.28. The molecule has 2 aromatic rings. The summed E-state index contributed by atoms with van der Waals surface area (Å²) in [4.78, 5) is 18.0. The molecule has 0 amide bonds. The second-order valence-corrected chi connectivity index (χ2v) is 7.02. The first-order chi connectivity index (χ1) is 12.4. The Morgan fingerprint density at radius 3 is 2.62 bits per heavy atom. The van der Waals surface area contributed by atoms with E-state index in [4.69, 9.17) is 0 Å². The number of halogens is 3. The molecule has 1 saturated heterocycles. The fourth-order valence-electron chi connectivity index (χ4n) is 3.59. The zero-order chi connectivity index (χ0) is 18.3. The lowest BCUT2D eigenvalue weighted by Crippen LogP contribution is -2.50. The van der Waals surface area contributed by atoms with E-state index in [9.17, 15) is 18.0 Å². The molecule has 138 valence electrons. The minimum Gasteiger partial charge on any atom is -0.356 e. The maximum Gasteiger partial charge on any atom is 0.417 e. The van der Waals surface area contributed by atoms with E-state index in [0.29, 0.717) is 25.5 Å². The molecule has 0 atom stereocenters. The molecule has 0 bridgehead atoms. The van der Waals surface area contributed by atoms with E-state index in [2.05, 4.69) is 10.1 Å². The second-order valence-electron chi connectivity index (χ2n) is 7.02. The summed E-state index contributed by atoms with van der Waals surface area (Å²) in [6.07, 6.45) is 0.544. The normalized spacial score (nSPS) is 17.7. The highest BCUT2D eigenvalue weighted by molar-refractivity contribution is 5.42. The number of pyridine rings is 1. The van der Waals surface area contributed by atoms with Crippen molar-refractivity contribution < 1.29 is 13.2 Å². The third-order valence-corrected chi connectivity index (χ3v) is 5.06. The highest BCUT2D eigenvalue weighted by atomic mass is 19.4. The Kier molecular flexibility index (Phi) is 4.20. The van der Waals surface area contributed by atoms with Crippen LogP contribution in [0.15, 0.2) is 29.2 Å². The van der Waals surface area contributed by atoms with Gasteiger partial charge in [0.2, 0.25) is 0 Å². The zero-order valence-corrected chi connectivity index (χ0v) is 14.2. The average molecular weight is 364 g/mol. The zero-order valence-electron chi connectivity index (χ0n) is 14.2. The van der Waals surface area contributed by atoms with Crippen LogP contribution in [-0.2, 0) is 25.6 Å². The van der Waals surface area contributed by atoms with E-state index in [-0.39, 0.29) is 11.5 Å². The molecule has 0 saturated carbocycles. The molecule has 5 nitrogen and oxygen atoms in total. The van der Waals surface area contributed by atoms with Crippen LogP contribution in [0, 0.1) is 5.92 Å². The molecule has 0 radical (unpaired) electrons. The van der Waals surface area contributed by atoms with E-state index >= 15 is 0 Å². The fourth-order valence-corrected chi connectivity index (χ4v) is 3.59. The Labute approximate surface area is 148 Å². The molecular formula is C18H19F3N4O. The average Bonchev–Trinajstić information content (AvgIpc) is 2.57. The summed E-state index contributed by atoms with van der Waals surface area (Å²) in [7, 11) is 0. The van der Waals surface area contributed by atoms with Crippen LogP contribution in [-0.4, -0.2) is 27.9 Å². The van der Waals surface area contributed by atoms with Gasteiger partial charge in [-0.15, -0.1) is 0 Å². The van der Waals surface area contributed by atoms with E-state index in [1.54, 1.807) is 6.07 Å². The number of aromatic nitrogens is 3. The van der Waals surface area contributed by atoms with Gasteiger partial charge in [-0.2, -0.15) is 18.3 Å². The smallest absolute Gasteiger partial charge is 0.356 e. The van der Waals surface area contributed by atoms with Gasteiger partial charge in [0.1, 0.15) is 5.82 Å². The van der Waals surface area contributed by atoms with Crippen molar-refractivity contribution in [2.45, 2.75) is 38.4 Å². The molecule has 2 aromatic heterocycles. The van der Waals surface area contributed by atoms with Gasteiger partial charge in [-0.3, -0.25) is 4.79 Å². The highest BCUT2D eigenvalue weighted by Crippen LogP contribution is 2.30. The minimum absolute atomic E-state index is 0.0724. The van der Waals surface area contributed by atoms with Gasteiger partial charge in [-0.1, -0.05) is 0 Å². The predicted molar refractivity (Wildman–Crippen MR) is 90.1 cm³/mol. The van der Waals surface area contributed by atoms with Crippen LogP contribution in [0.1, 0.15) is 29.7 Å². The molecular weight excluding hydrogens is 345 g/mol. The Morgan fingerprint density at radius 1 is 1.15 bits per heavy atom. The number of alkyl halides is 3. The summed E-state index contributed by atoms with van der Waals surface area (Å²) >= 11 is 0. The van der Waals surface area contributed by atoms with Crippen molar-refractivity contribution >= 4 is 5.82 Å². The van der Waals surface area contributed by atoms with Crippen LogP contribution in [0.5, 0.6) is 0 Å². The molecule has 1 fully saturated rings. The van der Waals surface area contributed by atoms with Crippen molar-refractivity contribution in [3.63, 3.8) is 0 Å². The maximum atomic E-state index is 12.6. The summed E-state index contributed by atoms with van der Waals surface area (Å²) in [5.74, 6) is 0.769. The molecule has 2 aliphatic rings. The van der Waals surface area contributed by atoms with E-state index in [1.165, 1.54) is 10.7 Å². The van der Waals surface area contributed by atoms with Gasteiger partial charge in [-0.25, -0.2) is 9.67 Å². The predicted octanol–water partition coefficient (Wildman–Crippen LogP) is 2.67. The molecule has 0 aromatic carbocycles. The van der Waals surface area contributed by atoms with E-state index < -0.39 is 11.7 Å². The molecule has 0 N–H and O–H groups in total. The maximum absolute atomic E-state index is 12.6. The lowest BCUT2D eigenvalue weighted by molar-refractivity contribution is -0.137. The molecule has 8 heteroatoms. The quantitative estimate of drug-likeness (QED) is 0.840. The first-order valence-corrected chi connectivity index (χ1v) is 8.78. The standard InChI is InChI=1S/C18H19F3N4O/c19-18(20,21)14-5-6-16(22-8-14)24-9-12(10-24)11-25-17(26)7-13-3-1-2-4-15(13)23-25/h5-8,12H,1-4,9-11H2. The lowest BCUT2D eigenvalue weighted by atomic mass is 9.96. The molecule has 0 spiro atoms. The monoisotopic (exact) mass is 364 g/mol. The third-order valence-electron chi connectivity index (χ3n) is 5.06. The van der Waals surface area contributed by atoms with Gasteiger partial charge in [-0.05, 0) is 43.4 Å². The summed E-state index contributed by atoms with van der Waals surface area (Å²) in [5, 5.41) is 4.52. The SMILES string of the molecule is O=c1cc2c(nn1CC1CN(c3ccc(C(F)(F)F)cn3)C1)CCCC2. The fraction of sp³-hybridized carbons (Fsp3) is 0.500. The highest BCUT2D eigenvalue weighted by Gasteiger charge is 2.32.